The molecule has 0 saturated heterocycles. The second-order valence-corrected chi connectivity index (χ2v) is 9.01. The van der Waals surface area contributed by atoms with Crippen LogP contribution in [-0.4, -0.2) is 17.0 Å². The molecule has 2 aromatic carbocycles. The monoisotopic (exact) mass is 478 g/mol. The van der Waals surface area contributed by atoms with E-state index in [1.807, 2.05) is 12.1 Å². The van der Waals surface area contributed by atoms with Gasteiger partial charge >= 0.3 is 6.18 Å². The van der Waals surface area contributed by atoms with Gasteiger partial charge in [0.25, 0.3) is 0 Å². The predicted molar refractivity (Wildman–Crippen MR) is 114 cm³/mol. The third-order valence-corrected chi connectivity index (χ3v) is 6.65. The molecular formula is C24H19ClF4N2O2. The maximum absolute atomic E-state index is 13.7. The number of benzene rings is 2. The first-order valence-corrected chi connectivity index (χ1v) is 10.9. The Morgan fingerprint density at radius 1 is 1.09 bits per heavy atom. The Morgan fingerprint density at radius 3 is 2.45 bits per heavy atom. The largest absolute Gasteiger partial charge is 0.490 e. The maximum Gasteiger partial charge on any atom is 0.433 e. The molecule has 1 amide bonds. The minimum absolute atomic E-state index is 0.0174. The lowest BCUT2D eigenvalue weighted by Gasteiger charge is -2.19. The quantitative estimate of drug-likeness (QED) is 0.474. The summed E-state index contributed by atoms with van der Waals surface area (Å²) in [6.45, 7) is 0.403. The molecule has 2 aliphatic carbocycles. The molecule has 2 fully saturated rings. The second kappa shape index (κ2) is 8.17. The summed E-state index contributed by atoms with van der Waals surface area (Å²) in [7, 11) is 0. The van der Waals surface area contributed by atoms with Gasteiger partial charge in [0.1, 0.15) is 17.3 Å². The Labute approximate surface area is 191 Å². The number of hydrogen-bond donors (Lipinski definition) is 1. The highest BCUT2D eigenvalue weighted by Crippen LogP contribution is 2.58. The molecule has 0 radical (unpaired) electrons. The molecule has 0 aliphatic heterocycles. The van der Waals surface area contributed by atoms with Crippen molar-refractivity contribution in [1.29, 1.82) is 0 Å². The van der Waals surface area contributed by atoms with Crippen LogP contribution in [0.2, 0.25) is 5.02 Å². The lowest BCUT2D eigenvalue weighted by Crippen LogP contribution is -2.28. The average Bonchev–Trinajstić information content (AvgIpc) is 3.27. The van der Waals surface area contributed by atoms with Crippen molar-refractivity contribution in [1.82, 2.24) is 10.3 Å². The SMILES string of the molecule is O=C(NCc1ccc(Cl)cc1)C1[C@H]2CC(Oc3cc(C(F)(F)F)nc4ccc(F)cc34)C[C@@H]12. The van der Waals surface area contributed by atoms with E-state index in [2.05, 4.69) is 10.3 Å². The van der Waals surface area contributed by atoms with Crippen molar-refractivity contribution in [3.63, 3.8) is 0 Å². The van der Waals surface area contributed by atoms with E-state index in [9.17, 15) is 22.4 Å². The topological polar surface area (TPSA) is 51.2 Å². The molecule has 1 N–H and O–H groups in total. The zero-order valence-corrected chi connectivity index (χ0v) is 18.0. The Balaban J connectivity index is 1.24. The fraction of sp³-hybridized carbons (Fsp3) is 0.333. The number of alkyl halides is 3. The van der Waals surface area contributed by atoms with E-state index in [4.69, 9.17) is 16.3 Å². The molecule has 3 aromatic rings. The number of carbonyl (C=O) groups excluding carboxylic acids is 1. The van der Waals surface area contributed by atoms with Crippen LogP contribution in [0.3, 0.4) is 0 Å². The van der Waals surface area contributed by atoms with Gasteiger partial charge < -0.3 is 10.1 Å². The lowest BCUT2D eigenvalue weighted by atomic mass is 10.1. The van der Waals surface area contributed by atoms with Crippen LogP contribution in [-0.2, 0) is 17.5 Å². The number of ether oxygens (including phenoxy) is 1. The average molecular weight is 479 g/mol. The normalized spacial score (nSPS) is 23.9. The zero-order chi connectivity index (χ0) is 23.3. The molecule has 2 aliphatic rings. The number of rotatable bonds is 5. The Hall–Kier alpha value is -2.87. The highest BCUT2D eigenvalue weighted by Gasteiger charge is 2.60. The second-order valence-electron chi connectivity index (χ2n) is 8.57. The van der Waals surface area contributed by atoms with Crippen LogP contribution in [0.4, 0.5) is 17.6 Å². The maximum atomic E-state index is 13.7. The Morgan fingerprint density at radius 2 is 1.79 bits per heavy atom. The number of carbonyl (C=O) groups is 1. The van der Waals surface area contributed by atoms with Crippen molar-refractivity contribution in [2.45, 2.75) is 31.7 Å². The number of nitrogens with zero attached hydrogens (tertiary/aromatic N) is 1. The zero-order valence-electron chi connectivity index (χ0n) is 17.2. The van der Waals surface area contributed by atoms with E-state index in [0.717, 1.165) is 23.8 Å². The van der Waals surface area contributed by atoms with Crippen LogP contribution in [0.5, 0.6) is 5.75 Å². The molecule has 2 unspecified atom stereocenters. The summed E-state index contributed by atoms with van der Waals surface area (Å²) in [6.07, 6.45) is -3.87. The summed E-state index contributed by atoms with van der Waals surface area (Å²) >= 11 is 5.86. The van der Waals surface area contributed by atoms with Crippen molar-refractivity contribution in [3.05, 3.63) is 70.6 Å². The Kier molecular flexibility index (Phi) is 5.43. The van der Waals surface area contributed by atoms with Gasteiger partial charge in [-0.2, -0.15) is 13.2 Å². The van der Waals surface area contributed by atoms with Gasteiger partial charge in [0.15, 0.2) is 0 Å². The molecule has 2 saturated carbocycles. The molecule has 1 heterocycles. The van der Waals surface area contributed by atoms with Gasteiger partial charge in [-0.25, -0.2) is 9.37 Å². The lowest BCUT2D eigenvalue weighted by molar-refractivity contribution is -0.141. The van der Waals surface area contributed by atoms with Gasteiger partial charge in [-0.05, 0) is 60.6 Å². The molecule has 0 spiro atoms. The van der Waals surface area contributed by atoms with Crippen molar-refractivity contribution >= 4 is 28.4 Å². The van der Waals surface area contributed by atoms with E-state index in [-0.39, 0.29) is 46.4 Å². The van der Waals surface area contributed by atoms with Gasteiger partial charge in [-0.15, -0.1) is 0 Å². The number of aromatic nitrogens is 1. The summed E-state index contributed by atoms with van der Waals surface area (Å²) < 4.78 is 59.4. The van der Waals surface area contributed by atoms with E-state index in [0.29, 0.717) is 24.4 Å². The third kappa shape index (κ3) is 4.49. The van der Waals surface area contributed by atoms with Gasteiger partial charge in [0.05, 0.1) is 11.6 Å². The smallest absolute Gasteiger partial charge is 0.433 e. The van der Waals surface area contributed by atoms with E-state index in [1.165, 1.54) is 6.07 Å². The summed E-state index contributed by atoms with van der Waals surface area (Å²) in [4.78, 5) is 16.1. The van der Waals surface area contributed by atoms with Crippen LogP contribution in [0, 0.1) is 23.6 Å². The van der Waals surface area contributed by atoms with E-state index in [1.54, 1.807) is 12.1 Å². The van der Waals surface area contributed by atoms with Crippen LogP contribution in [0.1, 0.15) is 24.1 Å². The highest BCUT2D eigenvalue weighted by molar-refractivity contribution is 6.30. The first-order chi connectivity index (χ1) is 15.7. The first-order valence-electron chi connectivity index (χ1n) is 10.6. The van der Waals surface area contributed by atoms with Crippen LogP contribution >= 0.6 is 11.6 Å². The molecule has 172 valence electrons. The van der Waals surface area contributed by atoms with Crippen LogP contribution in [0.25, 0.3) is 10.9 Å². The Bertz CT molecular complexity index is 1200. The van der Waals surface area contributed by atoms with E-state index >= 15 is 0 Å². The minimum atomic E-state index is -4.65. The van der Waals surface area contributed by atoms with Gasteiger partial charge in [0, 0.05) is 28.9 Å². The standard InChI is InChI=1S/C24H19ClF4N2O2/c25-13-3-1-12(2-4-13)11-30-23(32)22-16-8-15(9-17(16)22)33-20-10-21(24(27,28)29)31-19-6-5-14(26)7-18(19)20/h1-7,10,15-17,22H,8-9,11H2,(H,30,32)/t15?,16-,17+,22?. The minimum Gasteiger partial charge on any atom is -0.490 e. The number of nitrogens with one attached hydrogen (secondary N) is 1. The van der Waals surface area contributed by atoms with Crippen molar-refractivity contribution in [3.8, 4) is 5.75 Å². The molecule has 4 atom stereocenters. The molecule has 4 nitrogen and oxygen atoms in total. The molecule has 1 aromatic heterocycles. The van der Waals surface area contributed by atoms with Crippen LogP contribution in [0.15, 0.2) is 48.5 Å². The molecule has 9 heteroatoms. The number of hydrogen-bond acceptors (Lipinski definition) is 3. The number of halogens is 5. The van der Waals surface area contributed by atoms with Gasteiger partial charge in [-0.1, -0.05) is 23.7 Å². The first kappa shape index (κ1) is 21.9. The molecule has 33 heavy (non-hydrogen) atoms. The van der Waals surface area contributed by atoms with Gasteiger partial charge in [0.2, 0.25) is 5.91 Å². The third-order valence-electron chi connectivity index (χ3n) is 6.40. The van der Waals surface area contributed by atoms with Crippen molar-refractivity contribution < 1.29 is 27.1 Å². The molecule has 5 rings (SSSR count). The van der Waals surface area contributed by atoms with Crippen molar-refractivity contribution in [2.75, 3.05) is 0 Å². The van der Waals surface area contributed by atoms with Crippen molar-refractivity contribution in [2.24, 2.45) is 17.8 Å². The van der Waals surface area contributed by atoms with Gasteiger partial charge in [-0.3, -0.25) is 4.79 Å². The number of fused-ring (bicyclic) bond motifs is 2. The van der Waals surface area contributed by atoms with E-state index < -0.39 is 17.7 Å². The summed E-state index contributed by atoms with van der Waals surface area (Å²) in [6, 6.07) is 11.4. The molecular weight excluding hydrogens is 460 g/mol. The fourth-order valence-corrected chi connectivity index (χ4v) is 4.90. The number of amides is 1. The highest BCUT2D eigenvalue weighted by atomic mass is 35.5. The van der Waals surface area contributed by atoms with Crippen LogP contribution < -0.4 is 10.1 Å². The predicted octanol–water partition coefficient (Wildman–Crippen LogP) is 5.77. The summed E-state index contributed by atoms with van der Waals surface area (Å²) in [5.41, 5.74) is -0.125. The summed E-state index contributed by atoms with van der Waals surface area (Å²) in [5.74, 6) is -0.509. The molecule has 0 bridgehead atoms. The summed E-state index contributed by atoms with van der Waals surface area (Å²) in [5, 5.41) is 3.75. The fourth-order valence-electron chi connectivity index (χ4n) is 4.77. The number of pyridine rings is 1.